The third-order valence-electron chi connectivity index (χ3n) is 6.56. The molecule has 5 nitrogen and oxygen atoms in total. The average molecular weight is 449 g/mol. The van der Waals surface area contributed by atoms with Gasteiger partial charge in [-0.05, 0) is 32.4 Å². The van der Waals surface area contributed by atoms with Crippen molar-refractivity contribution >= 4 is 28.3 Å². The van der Waals surface area contributed by atoms with Gasteiger partial charge in [0.15, 0.2) is 0 Å². The van der Waals surface area contributed by atoms with Gasteiger partial charge in [-0.1, -0.05) is 71.8 Å². The highest BCUT2D eigenvalue weighted by atomic mass is 16.7. The molecular weight excluding hydrogens is 424 g/mol. The van der Waals surface area contributed by atoms with E-state index in [-0.39, 0.29) is 0 Å². The molecule has 3 aromatic carbocycles. The average Bonchev–Trinajstić information content (AvgIpc) is 2.83. The van der Waals surface area contributed by atoms with Crippen LogP contribution in [0.4, 0.5) is 0 Å². The van der Waals surface area contributed by atoms with E-state index >= 15 is 0 Å². The zero-order valence-corrected chi connectivity index (χ0v) is 19.2. The van der Waals surface area contributed by atoms with E-state index in [0.717, 1.165) is 34.2 Å². The highest BCUT2D eigenvalue weighted by molar-refractivity contribution is 6.25. The van der Waals surface area contributed by atoms with Gasteiger partial charge in [0, 0.05) is 24.0 Å². The zero-order valence-electron chi connectivity index (χ0n) is 19.2. The first-order valence-corrected chi connectivity index (χ1v) is 11.6. The summed E-state index contributed by atoms with van der Waals surface area (Å²) in [4.78, 5) is 23.5. The van der Waals surface area contributed by atoms with Crippen LogP contribution in [-0.2, 0) is 14.3 Å². The van der Waals surface area contributed by atoms with Crippen LogP contribution in [0.1, 0.15) is 41.6 Å². The lowest BCUT2D eigenvalue weighted by Gasteiger charge is -2.44. The first-order chi connectivity index (χ1) is 16.5. The molecule has 0 bridgehead atoms. The van der Waals surface area contributed by atoms with E-state index in [9.17, 15) is 4.79 Å². The monoisotopic (exact) mass is 448 g/mol. The number of benzene rings is 3. The Morgan fingerprint density at radius 3 is 1.82 bits per heavy atom. The number of rotatable bonds is 3. The molecule has 1 fully saturated rings. The molecule has 168 valence electrons. The number of carbonyl (C=O) groups excluding carboxylic acids is 1. The minimum Gasteiger partial charge on any atom is -0.451 e. The summed E-state index contributed by atoms with van der Waals surface area (Å²) in [5.41, 5.74) is 6.87. The summed E-state index contributed by atoms with van der Waals surface area (Å²) in [5.74, 6) is -0.789. The molecule has 0 unspecified atom stereocenters. The molecule has 2 aliphatic rings. The lowest BCUT2D eigenvalue weighted by molar-refractivity contribution is -0.236. The Bertz CT molecular complexity index is 1450. The summed E-state index contributed by atoms with van der Waals surface area (Å²) < 4.78 is 12.4. The van der Waals surface area contributed by atoms with Crippen molar-refractivity contribution in [1.82, 2.24) is 9.97 Å². The minimum absolute atomic E-state index is 0.315. The maximum Gasteiger partial charge on any atom is 0.347 e. The van der Waals surface area contributed by atoms with Crippen LogP contribution in [0.25, 0.3) is 33.6 Å². The molecular formula is C29H24N2O3. The predicted octanol–water partition coefficient (Wildman–Crippen LogP) is 6.24. The van der Waals surface area contributed by atoms with Gasteiger partial charge in [-0.25, -0.2) is 14.8 Å². The van der Waals surface area contributed by atoms with Gasteiger partial charge in [0.25, 0.3) is 5.79 Å². The van der Waals surface area contributed by atoms with Crippen molar-refractivity contribution in [2.75, 3.05) is 0 Å². The summed E-state index contributed by atoms with van der Waals surface area (Å²) in [6, 6.07) is 23.8. The molecule has 5 heteroatoms. The minimum atomic E-state index is -0.880. The topological polar surface area (TPSA) is 61.3 Å². The summed E-state index contributed by atoms with van der Waals surface area (Å²) >= 11 is 0. The van der Waals surface area contributed by atoms with Crippen molar-refractivity contribution < 1.29 is 14.3 Å². The Morgan fingerprint density at radius 1 is 0.706 bits per heavy atom. The van der Waals surface area contributed by atoms with Gasteiger partial charge in [0.2, 0.25) is 0 Å². The maximum atomic E-state index is 13.6. The molecule has 0 saturated heterocycles. The molecule has 2 heterocycles. The molecule has 0 amide bonds. The highest BCUT2D eigenvalue weighted by Gasteiger charge is 2.49. The van der Waals surface area contributed by atoms with Crippen LogP contribution in [-0.4, -0.2) is 21.7 Å². The fourth-order valence-corrected chi connectivity index (χ4v) is 4.44. The Balaban J connectivity index is 1.64. The van der Waals surface area contributed by atoms with Crippen molar-refractivity contribution in [3.8, 4) is 11.3 Å². The second-order valence-corrected chi connectivity index (χ2v) is 9.10. The van der Waals surface area contributed by atoms with Crippen molar-refractivity contribution in [1.29, 1.82) is 0 Å². The van der Waals surface area contributed by atoms with E-state index in [1.807, 2.05) is 86.6 Å². The van der Waals surface area contributed by atoms with E-state index in [0.29, 0.717) is 41.1 Å². The quantitative estimate of drug-likeness (QED) is 0.347. The summed E-state index contributed by atoms with van der Waals surface area (Å²) in [6.07, 6.45) is 2.35. The number of aromatic nitrogens is 2. The van der Waals surface area contributed by atoms with Gasteiger partial charge >= 0.3 is 5.97 Å². The number of esters is 1. The fourth-order valence-electron chi connectivity index (χ4n) is 4.44. The SMILES string of the molecule is Cc1ccc(C2=C(c3nc4ccccc4nc3-c3ccc(C)cc3)C(=O)OC3(CCC3)O2)cc1. The number of hydrogen-bond acceptors (Lipinski definition) is 5. The smallest absolute Gasteiger partial charge is 0.347 e. The lowest BCUT2D eigenvalue weighted by atomic mass is 9.89. The maximum absolute atomic E-state index is 13.6. The van der Waals surface area contributed by atoms with Crippen LogP contribution in [0.15, 0.2) is 72.8 Å². The van der Waals surface area contributed by atoms with Gasteiger partial charge in [-0.3, -0.25) is 0 Å². The fraction of sp³-hybridized carbons (Fsp3) is 0.207. The second-order valence-electron chi connectivity index (χ2n) is 9.10. The Labute approximate surface area is 198 Å². The molecule has 1 aliphatic carbocycles. The van der Waals surface area contributed by atoms with E-state index in [2.05, 4.69) is 0 Å². The van der Waals surface area contributed by atoms with Crippen LogP contribution >= 0.6 is 0 Å². The predicted molar refractivity (Wildman–Crippen MR) is 131 cm³/mol. The van der Waals surface area contributed by atoms with Crippen molar-refractivity contribution in [3.63, 3.8) is 0 Å². The van der Waals surface area contributed by atoms with Crippen molar-refractivity contribution in [3.05, 3.63) is 95.2 Å². The first kappa shape index (κ1) is 20.6. The van der Waals surface area contributed by atoms with Crippen LogP contribution < -0.4 is 0 Å². The number of carbonyl (C=O) groups is 1. The third-order valence-corrected chi connectivity index (χ3v) is 6.56. The zero-order chi connectivity index (χ0) is 23.3. The van der Waals surface area contributed by atoms with Crippen molar-refractivity contribution in [2.45, 2.75) is 38.9 Å². The summed E-state index contributed by atoms with van der Waals surface area (Å²) in [6.45, 7) is 4.08. The number of ether oxygens (including phenoxy) is 2. The van der Waals surface area contributed by atoms with E-state index in [4.69, 9.17) is 19.4 Å². The number of fused-ring (bicyclic) bond motifs is 1. The van der Waals surface area contributed by atoms with Gasteiger partial charge in [-0.2, -0.15) is 0 Å². The molecule has 1 spiro atoms. The molecule has 0 N–H and O–H groups in total. The molecule has 0 atom stereocenters. The highest BCUT2D eigenvalue weighted by Crippen LogP contribution is 2.47. The van der Waals surface area contributed by atoms with Gasteiger partial charge in [0.1, 0.15) is 17.0 Å². The lowest BCUT2D eigenvalue weighted by Crippen LogP contribution is -2.47. The van der Waals surface area contributed by atoms with E-state index in [1.54, 1.807) is 0 Å². The van der Waals surface area contributed by atoms with Crippen LogP contribution in [0.2, 0.25) is 0 Å². The van der Waals surface area contributed by atoms with Crippen LogP contribution in [0.5, 0.6) is 0 Å². The number of aryl methyl sites for hydroxylation is 2. The molecule has 1 aromatic heterocycles. The van der Waals surface area contributed by atoms with Gasteiger partial charge < -0.3 is 9.47 Å². The third kappa shape index (κ3) is 3.45. The van der Waals surface area contributed by atoms with Gasteiger partial charge in [-0.15, -0.1) is 0 Å². The molecule has 34 heavy (non-hydrogen) atoms. The van der Waals surface area contributed by atoms with Crippen LogP contribution in [0.3, 0.4) is 0 Å². The van der Waals surface area contributed by atoms with Crippen molar-refractivity contribution in [2.24, 2.45) is 0 Å². The molecule has 1 aliphatic heterocycles. The standard InChI is InChI=1S/C29H24N2O3/c1-18-8-12-20(13-9-18)25-26(31-23-7-4-3-6-22(23)30-25)24-27(21-14-10-19(2)11-15-21)33-29(16-5-17-29)34-28(24)32/h3-4,6-15H,5,16-17H2,1-2H3. The molecule has 4 aromatic rings. The largest absolute Gasteiger partial charge is 0.451 e. The van der Waals surface area contributed by atoms with E-state index < -0.39 is 11.8 Å². The number of hydrogen-bond donors (Lipinski definition) is 0. The summed E-state index contributed by atoms with van der Waals surface area (Å²) in [7, 11) is 0. The first-order valence-electron chi connectivity index (χ1n) is 11.6. The number of para-hydroxylation sites is 2. The van der Waals surface area contributed by atoms with E-state index in [1.165, 1.54) is 0 Å². The molecule has 6 rings (SSSR count). The molecule has 1 saturated carbocycles. The van der Waals surface area contributed by atoms with Gasteiger partial charge in [0.05, 0.1) is 16.7 Å². The van der Waals surface area contributed by atoms with Crippen LogP contribution in [0, 0.1) is 13.8 Å². The molecule has 0 radical (unpaired) electrons. The number of nitrogens with zero attached hydrogens (tertiary/aromatic N) is 2. The Hall–Kier alpha value is -3.99. The summed E-state index contributed by atoms with van der Waals surface area (Å²) in [5, 5.41) is 0. The Morgan fingerprint density at radius 2 is 1.26 bits per heavy atom. The normalized spacial score (nSPS) is 16.8. The Kier molecular flexibility index (Phi) is 4.73. The second kappa shape index (κ2) is 7.80.